The number of phenolic OH excluding ortho intramolecular Hbond substituents is 2. The summed E-state index contributed by atoms with van der Waals surface area (Å²) in [6, 6.07) is 20.3. The molecule has 0 saturated heterocycles. The first-order valence-electron chi connectivity index (χ1n) is 17.2. The number of aromatic hydroxyl groups is 2. The van der Waals surface area contributed by atoms with Gasteiger partial charge in [-0.3, -0.25) is 0 Å². The van der Waals surface area contributed by atoms with E-state index in [2.05, 4.69) is 61.8 Å². The van der Waals surface area contributed by atoms with E-state index in [1.54, 1.807) is 36.4 Å². The molecule has 0 aliphatic carbocycles. The number of anilines is 10. The van der Waals surface area contributed by atoms with E-state index in [1.165, 1.54) is 48.6 Å². The predicted octanol–water partition coefficient (Wildman–Crippen LogP) is -0.708. The molecule has 20 nitrogen and oxygen atoms in total. The second-order valence-electron chi connectivity index (χ2n) is 12.0. The van der Waals surface area contributed by atoms with Crippen LogP contribution in [0.4, 0.5) is 58.4 Å². The minimum absolute atomic E-state index is 0. The van der Waals surface area contributed by atoms with Gasteiger partial charge in [-0.2, -0.15) is 29.9 Å². The molecular formula is C36H34N12Na2O8S2. The summed E-state index contributed by atoms with van der Waals surface area (Å²) in [6.45, 7) is 4.53. The maximum Gasteiger partial charge on any atom is 1.00 e. The molecule has 6 rings (SSSR count). The Morgan fingerprint density at radius 2 is 0.850 bits per heavy atom. The van der Waals surface area contributed by atoms with Crippen molar-refractivity contribution in [3.05, 3.63) is 96.1 Å². The van der Waals surface area contributed by atoms with Crippen molar-refractivity contribution in [2.24, 2.45) is 0 Å². The molecule has 0 atom stereocenters. The van der Waals surface area contributed by atoms with Gasteiger partial charge in [0.05, 0.1) is 21.2 Å². The van der Waals surface area contributed by atoms with Crippen molar-refractivity contribution >= 4 is 90.8 Å². The van der Waals surface area contributed by atoms with E-state index in [9.17, 15) is 36.2 Å². The maximum atomic E-state index is 12.5. The van der Waals surface area contributed by atoms with Crippen molar-refractivity contribution in [1.29, 1.82) is 0 Å². The summed E-state index contributed by atoms with van der Waals surface area (Å²) in [7, 11) is -10.2. The number of phenols is 2. The molecule has 24 heteroatoms. The Bertz CT molecular complexity index is 2550. The molecular weight excluding hydrogens is 839 g/mol. The molecule has 8 N–H and O–H groups in total. The third kappa shape index (κ3) is 12.7. The SMILES string of the molecule is CCNc1nc(Nc2ccc(C=Cc3ccc(Nc4nc(NCC)nc(Nc5ccccc5O)n4)cc3S(=O)(=O)[O-])c(S(=O)(=O)[O-])c2)nc(Nc2ccccc2O)n1.[Na+].[Na+]. The summed E-state index contributed by atoms with van der Waals surface area (Å²) in [6.07, 6.45) is 2.36. The third-order valence-electron chi connectivity index (χ3n) is 7.76. The van der Waals surface area contributed by atoms with Crippen LogP contribution in [0.5, 0.6) is 11.5 Å². The Balaban J connectivity index is 0.00000397. The molecule has 4 aromatic carbocycles. The number of nitrogens with zero attached hydrogens (tertiary/aromatic N) is 6. The first-order valence-corrected chi connectivity index (χ1v) is 20.0. The molecule has 300 valence electrons. The van der Waals surface area contributed by atoms with Gasteiger partial charge >= 0.3 is 59.1 Å². The number of hydrogen-bond donors (Lipinski definition) is 8. The van der Waals surface area contributed by atoms with Gasteiger partial charge in [-0.15, -0.1) is 0 Å². The maximum absolute atomic E-state index is 12.5. The standard InChI is InChI=1S/C36H36N12O8S2.2Na/c1-3-37-31-43-33(47-35(45-31)41-25-9-5-7-11-27(25)49)39-23-17-15-21(29(19-23)57(51,52)53)13-14-22-16-18-24(20-30(22)58(54,55)56)40-34-44-32(38-4-2)46-36(48-34)42-26-10-6-8-12-28(26)50;;/h5-20,49-50H,3-4H2,1-2H3,(H,51,52,53)(H,54,55,56)(H3,37,39,41,43,45,47)(H3,38,40,42,44,46,48);;/q;2*+1/p-2. The number of aromatic nitrogens is 6. The van der Waals surface area contributed by atoms with Crippen LogP contribution < -0.4 is 91.0 Å². The molecule has 0 aliphatic heterocycles. The fraction of sp³-hybridized carbons (Fsp3) is 0.111. The van der Waals surface area contributed by atoms with Crippen LogP contribution in [-0.4, -0.2) is 79.1 Å². The first kappa shape index (κ1) is 47.5. The quantitative estimate of drug-likeness (QED) is 0.0258. The Kier molecular flexibility index (Phi) is 16.6. The second kappa shape index (κ2) is 20.9. The number of benzene rings is 4. The number of para-hydroxylation sites is 4. The van der Waals surface area contributed by atoms with Crippen molar-refractivity contribution in [2.75, 3.05) is 45.0 Å². The summed E-state index contributed by atoms with van der Waals surface area (Å²) in [5.74, 6) is 0.168. The summed E-state index contributed by atoms with van der Waals surface area (Å²) in [5.41, 5.74) is 0.586. The van der Waals surface area contributed by atoms with E-state index >= 15 is 0 Å². The fourth-order valence-corrected chi connectivity index (χ4v) is 6.61. The smallest absolute Gasteiger partial charge is 0.744 e. The molecule has 60 heavy (non-hydrogen) atoms. The number of rotatable bonds is 16. The molecule has 0 fully saturated rings. The Hall–Kier alpha value is -5.14. The van der Waals surface area contributed by atoms with Gasteiger partial charge in [-0.25, -0.2) is 16.8 Å². The van der Waals surface area contributed by atoms with Gasteiger partial charge < -0.3 is 51.2 Å². The van der Waals surface area contributed by atoms with Crippen LogP contribution in [-0.2, 0) is 20.2 Å². The van der Waals surface area contributed by atoms with E-state index in [0.29, 0.717) is 24.5 Å². The Morgan fingerprint density at radius 3 is 1.18 bits per heavy atom. The van der Waals surface area contributed by atoms with E-state index < -0.39 is 30.0 Å². The second-order valence-corrected chi connectivity index (χ2v) is 14.7. The van der Waals surface area contributed by atoms with Crippen LogP contribution in [0.1, 0.15) is 25.0 Å². The molecule has 0 radical (unpaired) electrons. The Morgan fingerprint density at radius 1 is 0.517 bits per heavy atom. The number of hydrogen-bond acceptors (Lipinski definition) is 20. The molecule has 0 amide bonds. The van der Waals surface area contributed by atoms with E-state index in [1.807, 2.05) is 13.8 Å². The summed E-state index contributed by atoms with van der Waals surface area (Å²) in [5, 5.41) is 37.7. The van der Waals surface area contributed by atoms with Crippen LogP contribution in [0.2, 0.25) is 0 Å². The molecule has 2 heterocycles. The van der Waals surface area contributed by atoms with E-state index in [4.69, 9.17) is 0 Å². The van der Waals surface area contributed by atoms with Gasteiger partial charge in [0, 0.05) is 24.5 Å². The molecule has 0 spiro atoms. The fourth-order valence-electron chi connectivity index (χ4n) is 5.22. The molecule has 0 bridgehead atoms. The normalized spacial score (nSPS) is 11.2. The van der Waals surface area contributed by atoms with Crippen molar-refractivity contribution in [2.45, 2.75) is 23.6 Å². The first-order chi connectivity index (χ1) is 27.7. The zero-order valence-electron chi connectivity index (χ0n) is 32.5. The monoisotopic (exact) mass is 872 g/mol. The minimum atomic E-state index is -5.12. The molecule has 6 aromatic rings. The van der Waals surface area contributed by atoms with Crippen molar-refractivity contribution < 1.29 is 95.3 Å². The van der Waals surface area contributed by atoms with Crippen molar-refractivity contribution in [3.8, 4) is 11.5 Å². The zero-order chi connectivity index (χ0) is 41.5. The van der Waals surface area contributed by atoms with Crippen LogP contribution >= 0.6 is 0 Å². The van der Waals surface area contributed by atoms with E-state index in [0.717, 1.165) is 12.1 Å². The summed E-state index contributed by atoms with van der Waals surface area (Å²) < 4.78 is 74.7. The Labute approximate surface area is 389 Å². The molecule has 0 unspecified atom stereocenters. The van der Waals surface area contributed by atoms with Gasteiger partial charge in [-0.1, -0.05) is 48.6 Å². The topological polar surface area (TPSA) is 304 Å². The van der Waals surface area contributed by atoms with Crippen LogP contribution in [0.15, 0.2) is 94.7 Å². The van der Waals surface area contributed by atoms with Crippen molar-refractivity contribution in [1.82, 2.24) is 29.9 Å². The van der Waals surface area contributed by atoms with Crippen LogP contribution in [0.25, 0.3) is 12.2 Å². The average Bonchev–Trinajstić information content (AvgIpc) is 3.16. The molecule has 2 aromatic heterocycles. The van der Waals surface area contributed by atoms with Gasteiger partial charge in [-0.05, 0) is 73.5 Å². The number of nitrogens with one attached hydrogen (secondary N) is 6. The predicted molar refractivity (Wildman–Crippen MR) is 215 cm³/mol. The van der Waals surface area contributed by atoms with Crippen LogP contribution in [0.3, 0.4) is 0 Å². The minimum Gasteiger partial charge on any atom is -0.744 e. The molecule has 0 aliphatic rings. The summed E-state index contributed by atoms with van der Waals surface area (Å²) >= 11 is 0. The van der Waals surface area contributed by atoms with Gasteiger partial charge in [0.15, 0.2) is 0 Å². The van der Waals surface area contributed by atoms with Gasteiger partial charge in [0.25, 0.3) is 0 Å². The summed E-state index contributed by atoms with van der Waals surface area (Å²) in [4.78, 5) is 24.3. The third-order valence-corrected chi connectivity index (χ3v) is 9.55. The van der Waals surface area contributed by atoms with Crippen LogP contribution in [0, 0.1) is 0 Å². The average molecular weight is 873 g/mol. The van der Waals surface area contributed by atoms with Crippen molar-refractivity contribution in [3.63, 3.8) is 0 Å². The molecule has 0 saturated carbocycles. The van der Waals surface area contributed by atoms with Gasteiger partial charge in [0.1, 0.15) is 31.7 Å². The largest absolute Gasteiger partial charge is 1.00 e. The van der Waals surface area contributed by atoms with Gasteiger partial charge in [0.2, 0.25) is 35.7 Å². The van der Waals surface area contributed by atoms with E-state index in [-0.39, 0.29) is 129 Å². The zero-order valence-corrected chi connectivity index (χ0v) is 38.1.